The number of benzene rings is 1. The Morgan fingerprint density at radius 1 is 1.12 bits per heavy atom. The van der Waals surface area contributed by atoms with Gasteiger partial charge in [0.05, 0.1) is 4.70 Å². The Hall–Kier alpha value is -2.45. The molecule has 0 radical (unpaired) electrons. The van der Waals surface area contributed by atoms with Gasteiger partial charge in [-0.25, -0.2) is 0 Å². The van der Waals surface area contributed by atoms with Gasteiger partial charge in [0, 0.05) is 11.1 Å². The summed E-state index contributed by atoms with van der Waals surface area (Å²) in [5.74, 6) is -1.62. The van der Waals surface area contributed by atoms with Crippen molar-refractivity contribution >= 4 is 43.8 Å². The van der Waals surface area contributed by atoms with Crippen LogP contribution >= 0.6 is 11.3 Å². The van der Waals surface area contributed by atoms with E-state index in [1.54, 1.807) is 23.6 Å². The van der Waals surface area contributed by atoms with E-state index in [0.29, 0.717) is 17.0 Å². The average Bonchev–Trinajstić information content (AvgIpc) is 2.95. The lowest BCUT2D eigenvalue weighted by Gasteiger charge is -2.24. The number of aliphatic hydroxyl groups is 1. The zero-order valence-corrected chi connectivity index (χ0v) is 13.7. The number of thiophene rings is 1. The second-order valence-electron chi connectivity index (χ2n) is 5.69. The molecule has 4 nitrogen and oxygen atoms in total. The van der Waals surface area contributed by atoms with Crippen LogP contribution in [0.5, 0.6) is 0 Å². The number of anilines is 1. The monoisotopic (exact) mass is 367 g/mol. The molecule has 0 aliphatic carbocycles. The van der Waals surface area contributed by atoms with Crippen LogP contribution in [-0.4, -0.2) is 22.8 Å². The Kier molecular flexibility index (Phi) is 4.04. The molecule has 0 fully saturated rings. The zero-order chi connectivity index (χ0) is 18.4. The van der Waals surface area contributed by atoms with Crippen molar-refractivity contribution in [2.45, 2.75) is 18.7 Å². The van der Waals surface area contributed by atoms with Gasteiger partial charge in [-0.3, -0.25) is 9.59 Å². The second-order valence-corrected chi connectivity index (χ2v) is 6.61. The molecule has 3 aromatic rings. The van der Waals surface area contributed by atoms with Crippen LogP contribution in [0.2, 0.25) is 0 Å². The largest absolute Gasteiger partial charge is 0.426 e. The molecular weight excluding hydrogens is 355 g/mol. The third-order valence-electron chi connectivity index (χ3n) is 3.89. The highest BCUT2D eigenvalue weighted by atomic mass is 32.1. The van der Waals surface area contributed by atoms with Crippen LogP contribution in [0, 0.1) is 0 Å². The van der Waals surface area contributed by atoms with E-state index in [0.717, 1.165) is 5.39 Å². The number of fused-ring (bicyclic) bond motifs is 2. The first-order valence-electron chi connectivity index (χ1n) is 7.16. The second kappa shape index (κ2) is 5.82. The van der Waals surface area contributed by atoms with Crippen molar-refractivity contribution in [3.63, 3.8) is 0 Å². The third-order valence-corrected chi connectivity index (χ3v) is 4.82. The maximum Gasteiger partial charge on any atom is 0.426 e. The molecule has 1 heterocycles. The van der Waals surface area contributed by atoms with Gasteiger partial charge >= 0.3 is 6.18 Å². The van der Waals surface area contributed by atoms with E-state index < -0.39 is 17.7 Å². The number of carbonyl (C=O) groups is 1. The summed E-state index contributed by atoms with van der Waals surface area (Å²) in [6, 6.07) is 9.51. The highest BCUT2D eigenvalue weighted by Gasteiger charge is 2.55. The molecule has 0 aliphatic rings. The summed E-state index contributed by atoms with van der Waals surface area (Å²) >= 11 is 1.26. The van der Waals surface area contributed by atoms with Crippen molar-refractivity contribution in [3.8, 4) is 0 Å². The zero-order valence-electron chi connectivity index (χ0n) is 12.8. The molecule has 0 saturated heterocycles. The maximum atomic E-state index is 12.7. The van der Waals surface area contributed by atoms with Crippen LogP contribution in [-0.2, 0) is 4.79 Å². The lowest BCUT2D eigenvalue weighted by atomic mass is 10.1. The molecule has 1 atom stereocenters. The summed E-state index contributed by atoms with van der Waals surface area (Å²) in [6.45, 7) is 0.373. The minimum Gasteiger partial charge on any atom is -0.373 e. The molecule has 3 rings (SSSR count). The van der Waals surface area contributed by atoms with Gasteiger partial charge in [-0.15, -0.1) is 11.3 Å². The molecule has 130 valence electrons. The minimum absolute atomic E-state index is 0.00460. The van der Waals surface area contributed by atoms with Crippen LogP contribution in [0.4, 0.5) is 18.9 Å². The van der Waals surface area contributed by atoms with Gasteiger partial charge in [0.15, 0.2) is 0 Å². The van der Waals surface area contributed by atoms with Gasteiger partial charge in [-0.05, 0) is 41.3 Å². The fourth-order valence-electron chi connectivity index (χ4n) is 2.29. The van der Waals surface area contributed by atoms with Gasteiger partial charge in [-0.2, -0.15) is 13.2 Å². The molecule has 2 aromatic carbocycles. The van der Waals surface area contributed by atoms with Crippen LogP contribution < -0.4 is 10.7 Å². The van der Waals surface area contributed by atoms with Gasteiger partial charge in [0.1, 0.15) is 0 Å². The van der Waals surface area contributed by atoms with E-state index in [4.69, 9.17) is 0 Å². The minimum atomic E-state index is -5.12. The molecule has 0 spiro atoms. The summed E-state index contributed by atoms with van der Waals surface area (Å²) < 4.78 is 38.7. The normalized spacial score (nSPS) is 14.4. The number of alkyl halides is 3. The summed E-state index contributed by atoms with van der Waals surface area (Å²) in [4.78, 5) is 24.4. The average molecular weight is 367 g/mol. The van der Waals surface area contributed by atoms with Gasteiger partial charge < -0.3 is 10.4 Å². The Labute approximate surface area is 143 Å². The van der Waals surface area contributed by atoms with Gasteiger partial charge in [-0.1, -0.05) is 18.2 Å². The van der Waals surface area contributed by atoms with Gasteiger partial charge in [0.2, 0.25) is 11.0 Å². The highest BCUT2D eigenvalue weighted by Crippen LogP contribution is 2.31. The van der Waals surface area contributed by atoms with E-state index >= 15 is 0 Å². The number of hydrogen-bond donors (Lipinski definition) is 2. The number of amides is 1. The first-order valence-corrected chi connectivity index (χ1v) is 8.04. The number of rotatable bonds is 2. The molecule has 1 unspecified atom stereocenters. The molecule has 8 heteroatoms. The molecule has 0 bridgehead atoms. The maximum absolute atomic E-state index is 12.7. The fourth-order valence-corrected chi connectivity index (χ4v) is 3.13. The molecule has 1 aromatic heterocycles. The summed E-state index contributed by atoms with van der Waals surface area (Å²) in [7, 11) is 0. The number of hydrogen-bond acceptors (Lipinski definition) is 4. The van der Waals surface area contributed by atoms with Crippen LogP contribution in [0.25, 0.3) is 20.9 Å². The van der Waals surface area contributed by atoms with Crippen molar-refractivity contribution in [2.24, 2.45) is 0 Å². The van der Waals surface area contributed by atoms with Crippen molar-refractivity contribution < 1.29 is 23.1 Å². The predicted molar refractivity (Wildman–Crippen MR) is 90.9 cm³/mol. The lowest BCUT2D eigenvalue weighted by molar-refractivity contribution is -0.242. The Morgan fingerprint density at radius 2 is 1.76 bits per heavy atom. The standard InChI is InChI=1S/C17H12F3NO3S/c1-16(24,17(18,19)20)15(23)21-11-5-4-9-2-3-10-6-7-25-14(10)13(22)12(9)8-11/h2-8,24H,1H3,(H,21,23). The van der Waals surface area contributed by atoms with E-state index in [-0.39, 0.29) is 16.5 Å². The Morgan fingerprint density at radius 3 is 2.44 bits per heavy atom. The number of nitrogens with one attached hydrogen (secondary N) is 1. The summed E-state index contributed by atoms with van der Waals surface area (Å²) in [5.41, 5.74) is -3.82. The molecule has 0 saturated carbocycles. The van der Waals surface area contributed by atoms with E-state index in [1.165, 1.54) is 29.5 Å². The molecule has 0 aliphatic heterocycles. The van der Waals surface area contributed by atoms with Crippen molar-refractivity contribution in [1.29, 1.82) is 0 Å². The molecule has 1 amide bonds. The van der Waals surface area contributed by atoms with Gasteiger partial charge in [0.25, 0.3) is 5.91 Å². The number of halogens is 3. The smallest absolute Gasteiger partial charge is 0.373 e. The van der Waals surface area contributed by atoms with E-state index in [1.807, 2.05) is 5.32 Å². The Balaban J connectivity index is 2.07. The van der Waals surface area contributed by atoms with E-state index in [2.05, 4.69) is 0 Å². The summed E-state index contributed by atoms with van der Waals surface area (Å²) in [5, 5.41) is 14.8. The van der Waals surface area contributed by atoms with Crippen LogP contribution in [0.1, 0.15) is 6.92 Å². The van der Waals surface area contributed by atoms with Crippen molar-refractivity contribution in [2.75, 3.05) is 5.32 Å². The fraction of sp³-hybridized carbons (Fsp3) is 0.176. The molecule has 25 heavy (non-hydrogen) atoms. The number of carbonyl (C=O) groups excluding carboxylic acids is 1. The van der Waals surface area contributed by atoms with Crippen LogP contribution in [0.15, 0.2) is 46.6 Å². The Bertz CT molecular complexity index is 1040. The lowest BCUT2D eigenvalue weighted by Crippen LogP contribution is -2.52. The summed E-state index contributed by atoms with van der Waals surface area (Å²) in [6.07, 6.45) is -5.12. The molecule has 2 N–H and O–H groups in total. The predicted octanol–water partition coefficient (Wildman–Crippen LogP) is 3.67. The quantitative estimate of drug-likeness (QED) is 0.726. The highest BCUT2D eigenvalue weighted by molar-refractivity contribution is 7.17. The van der Waals surface area contributed by atoms with Crippen molar-refractivity contribution in [1.82, 2.24) is 0 Å². The topological polar surface area (TPSA) is 66.4 Å². The van der Waals surface area contributed by atoms with Crippen LogP contribution in [0.3, 0.4) is 0 Å². The van der Waals surface area contributed by atoms with E-state index in [9.17, 15) is 27.9 Å². The first-order chi connectivity index (χ1) is 11.6. The van der Waals surface area contributed by atoms with Crippen molar-refractivity contribution in [3.05, 3.63) is 52.0 Å². The first kappa shape index (κ1) is 17.4. The molecular formula is C17H12F3NO3S. The SMILES string of the molecule is CC(O)(C(=O)Nc1ccc2ccc3ccsc3c(=O)c2c1)C(F)(F)F. The third kappa shape index (κ3) is 2.98.